The Morgan fingerprint density at radius 2 is 1.89 bits per heavy atom. The van der Waals surface area contributed by atoms with Gasteiger partial charge in [-0.1, -0.05) is 11.6 Å². The van der Waals surface area contributed by atoms with Crippen LogP contribution in [0.2, 0.25) is 5.02 Å². The van der Waals surface area contributed by atoms with Crippen LogP contribution in [0.1, 0.15) is 18.4 Å². The van der Waals surface area contributed by atoms with Gasteiger partial charge in [0.05, 0.1) is 0 Å². The molecule has 1 aliphatic carbocycles. The summed E-state index contributed by atoms with van der Waals surface area (Å²) >= 11 is 6.03. The fraction of sp³-hybridized carbons (Fsp3) is 0.571. The van der Waals surface area contributed by atoms with E-state index < -0.39 is 0 Å². The molecule has 1 aromatic rings. The second kappa shape index (κ2) is 5.08. The van der Waals surface area contributed by atoms with E-state index in [2.05, 4.69) is 15.9 Å². The molecular weight excluding hydrogens is 246 g/mol. The minimum absolute atomic E-state index is 0.554. The second-order valence-corrected chi connectivity index (χ2v) is 5.67. The van der Waals surface area contributed by atoms with Gasteiger partial charge in [-0.3, -0.25) is 4.90 Å². The third-order valence-electron chi connectivity index (χ3n) is 3.98. The van der Waals surface area contributed by atoms with Crippen molar-refractivity contribution in [1.29, 1.82) is 0 Å². The average molecular weight is 266 g/mol. The van der Waals surface area contributed by atoms with Crippen LogP contribution in [-0.4, -0.2) is 37.1 Å². The Balaban J connectivity index is 1.71. The number of anilines is 1. The maximum atomic E-state index is 6.03. The lowest BCUT2D eigenvalue weighted by molar-refractivity contribution is 0.248. The van der Waals surface area contributed by atoms with E-state index in [0.717, 1.165) is 29.7 Å². The smallest absolute Gasteiger partial charge is 0.0413 e. The van der Waals surface area contributed by atoms with Crippen LogP contribution in [0.5, 0.6) is 0 Å². The maximum absolute atomic E-state index is 6.03. The van der Waals surface area contributed by atoms with Gasteiger partial charge in [-0.2, -0.15) is 0 Å². The first kappa shape index (κ1) is 12.3. The van der Waals surface area contributed by atoms with Gasteiger partial charge in [0.2, 0.25) is 0 Å². The molecule has 0 spiro atoms. The molecule has 1 heterocycles. The summed E-state index contributed by atoms with van der Waals surface area (Å²) in [7, 11) is 0. The summed E-state index contributed by atoms with van der Waals surface area (Å²) in [6.45, 7) is 5.11. The lowest BCUT2D eigenvalue weighted by Crippen LogP contribution is -2.47. The highest BCUT2D eigenvalue weighted by Crippen LogP contribution is 2.30. The zero-order valence-electron chi connectivity index (χ0n) is 10.6. The number of hydrogen-bond acceptors (Lipinski definition) is 3. The minimum atomic E-state index is 0.554. The van der Waals surface area contributed by atoms with Crippen LogP contribution >= 0.6 is 11.6 Å². The van der Waals surface area contributed by atoms with Crippen LogP contribution in [0.25, 0.3) is 0 Å². The van der Waals surface area contributed by atoms with Crippen LogP contribution < -0.4 is 10.6 Å². The van der Waals surface area contributed by atoms with Crippen molar-refractivity contribution >= 4 is 17.3 Å². The van der Waals surface area contributed by atoms with Gasteiger partial charge in [0, 0.05) is 49.5 Å². The van der Waals surface area contributed by atoms with E-state index in [4.69, 9.17) is 17.3 Å². The first-order chi connectivity index (χ1) is 8.78. The first-order valence-corrected chi connectivity index (χ1v) is 7.13. The van der Waals surface area contributed by atoms with Crippen molar-refractivity contribution in [2.75, 3.05) is 31.1 Å². The molecule has 98 valence electrons. The Kier molecular flexibility index (Phi) is 3.46. The second-order valence-electron chi connectivity index (χ2n) is 5.23. The van der Waals surface area contributed by atoms with Crippen LogP contribution in [0.4, 0.5) is 5.69 Å². The molecule has 1 aromatic carbocycles. The normalized spacial score (nSPS) is 21.3. The number of piperazine rings is 1. The van der Waals surface area contributed by atoms with Gasteiger partial charge in [-0.25, -0.2) is 0 Å². The Bertz CT molecular complexity index is 423. The lowest BCUT2D eigenvalue weighted by atomic mass is 10.1. The topological polar surface area (TPSA) is 32.5 Å². The number of nitrogens with zero attached hydrogens (tertiary/aromatic N) is 2. The van der Waals surface area contributed by atoms with Crippen molar-refractivity contribution in [3.8, 4) is 0 Å². The van der Waals surface area contributed by atoms with E-state index in [0.29, 0.717) is 6.54 Å². The fourth-order valence-electron chi connectivity index (χ4n) is 2.79. The van der Waals surface area contributed by atoms with Gasteiger partial charge in [-0.05, 0) is 36.6 Å². The summed E-state index contributed by atoms with van der Waals surface area (Å²) < 4.78 is 0. The SMILES string of the molecule is NCc1cc(Cl)ccc1N1CCN(C2CC2)CC1. The molecule has 18 heavy (non-hydrogen) atoms. The first-order valence-electron chi connectivity index (χ1n) is 6.75. The monoisotopic (exact) mass is 265 g/mol. The highest BCUT2D eigenvalue weighted by molar-refractivity contribution is 6.30. The maximum Gasteiger partial charge on any atom is 0.0413 e. The third-order valence-corrected chi connectivity index (χ3v) is 4.21. The molecule has 2 aliphatic rings. The molecule has 1 aliphatic heterocycles. The lowest BCUT2D eigenvalue weighted by Gasteiger charge is -2.37. The van der Waals surface area contributed by atoms with Crippen LogP contribution in [0.15, 0.2) is 18.2 Å². The highest BCUT2D eigenvalue weighted by Gasteiger charge is 2.31. The van der Waals surface area contributed by atoms with Crippen LogP contribution in [0.3, 0.4) is 0 Å². The quantitative estimate of drug-likeness (QED) is 0.908. The molecule has 1 saturated carbocycles. The molecule has 0 bridgehead atoms. The largest absolute Gasteiger partial charge is 0.369 e. The summed E-state index contributed by atoms with van der Waals surface area (Å²) in [4.78, 5) is 5.06. The van der Waals surface area contributed by atoms with E-state index in [1.807, 2.05) is 12.1 Å². The molecule has 0 unspecified atom stereocenters. The van der Waals surface area contributed by atoms with E-state index >= 15 is 0 Å². The summed E-state index contributed by atoms with van der Waals surface area (Å²) in [5.74, 6) is 0. The fourth-order valence-corrected chi connectivity index (χ4v) is 2.99. The molecule has 3 nitrogen and oxygen atoms in total. The Morgan fingerprint density at radius 3 is 2.50 bits per heavy atom. The van der Waals surface area contributed by atoms with E-state index in [1.54, 1.807) is 0 Å². The Morgan fingerprint density at radius 1 is 1.17 bits per heavy atom. The summed E-state index contributed by atoms with van der Waals surface area (Å²) in [5, 5.41) is 0.774. The zero-order valence-corrected chi connectivity index (χ0v) is 11.4. The van der Waals surface area contributed by atoms with E-state index in [9.17, 15) is 0 Å². The molecule has 0 aromatic heterocycles. The van der Waals surface area contributed by atoms with Gasteiger partial charge in [0.15, 0.2) is 0 Å². The Labute approximate surface area is 114 Å². The van der Waals surface area contributed by atoms with Gasteiger partial charge in [-0.15, -0.1) is 0 Å². The van der Waals surface area contributed by atoms with Crippen LogP contribution in [-0.2, 0) is 6.54 Å². The third kappa shape index (κ3) is 2.48. The van der Waals surface area contributed by atoms with Crippen molar-refractivity contribution in [2.45, 2.75) is 25.4 Å². The van der Waals surface area contributed by atoms with E-state index in [1.165, 1.54) is 31.6 Å². The predicted octanol–water partition coefficient (Wildman–Crippen LogP) is 2.08. The molecule has 1 saturated heterocycles. The molecular formula is C14H20ClN3. The number of rotatable bonds is 3. The van der Waals surface area contributed by atoms with Crippen molar-refractivity contribution in [3.05, 3.63) is 28.8 Å². The molecule has 2 fully saturated rings. The molecule has 0 radical (unpaired) electrons. The van der Waals surface area contributed by atoms with E-state index in [-0.39, 0.29) is 0 Å². The Hall–Kier alpha value is -0.770. The predicted molar refractivity (Wildman–Crippen MR) is 76.2 cm³/mol. The van der Waals surface area contributed by atoms with Crippen molar-refractivity contribution in [2.24, 2.45) is 5.73 Å². The van der Waals surface area contributed by atoms with Gasteiger partial charge in [0.25, 0.3) is 0 Å². The molecule has 0 amide bonds. The summed E-state index contributed by atoms with van der Waals surface area (Å²) in [6.07, 6.45) is 2.80. The van der Waals surface area contributed by atoms with Gasteiger partial charge in [0.1, 0.15) is 0 Å². The highest BCUT2D eigenvalue weighted by atomic mass is 35.5. The molecule has 4 heteroatoms. The van der Waals surface area contributed by atoms with Gasteiger partial charge >= 0.3 is 0 Å². The zero-order chi connectivity index (χ0) is 12.5. The van der Waals surface area contributed by atoms with Crippen molar-refractivity contribution in [1.82, 2.24) is 4.90 Å². The summed E-state index contributed by atoms with van der Waals surface area (Å²) in [6, 6.07) is 6.94. The van der Waals surface area contributed by atoms with Crippen LogP contribution in [0, 0.1) is 0 Å². The molecule has 2 N–H and O–H groups in total. The number of benzene rings is 1. The minimum Gasteiger partial charge on any atom is -0.369 e. The van der Waals surface area contributed by atoms with Crippen molar-refractivity contribution < 1.29 is 0 Å². The number of nitrogens with two attached hydrogens (primary N) is 1. The number of hydrogen-bond donors (Lipinski definition) is 1. The van der Waals surface area contributed by atoms with Crippen molar-refractivity contribution in [3.63, 3.8) is 0 Å². The average Bonchev–Trinajstić information content (AvgIpc) is 3.23. The standard InChI is InChI=1S/C14H20ClN3/c15-12-1-4-14(11(9-12)10-16)18-7-5-17(6-8-18)13-2-3-13/h1,4,9,13H,2-3,5-8,10,16H2. The number of halogens is 1. The van der Waals surface area contributed by atoms with Gasteiger partial charge < -0.3 is 10.6 Å². The molecule has 0 atom stereocenters. The summed E-state index contributed by atoms with van der Waals surface area (Å²) in [5.41, 5.74) is 8.23. The molecule has 3 rings (SSSR count).